The van der Waals surface area contributed by atoms with Crippen molar-refractivity contribution in [1.82, 2.24) is 0 Å². The number of aliphatic carboxylic acids is 1. The second-order valence-corrected chi connectivity index (χ2v) is 1.01. The molecule has 0 amide bonds. The fourth-order valence-corrected chi connectivity index (χ4v) is 0. The van der Waals surface area contributed by atoms with Crippen LogP contribution in [0, 0.1) is 0 Å². The summed E-state index contributed by atoms with van der Waals surface area (Å²) in [6, 6.07) is 0. The van der Waals surface area contributed by atoms with E-state index in [2.05, 4.69) is 9.24 Å². The van der Waals surface area contributed by atoms with Gasteiger partial charge in [-0.25, -0.2) is 0 Å². The first-order valence-electron chi connectivity index (χ1n) is 1.19. The molecule has 0 aromatic heterocycles. The van der Waals surface area contributed by atoms with Gasteiger partial charge in [0.2, 0.25) is 0 Å². The number of rotatable bonds is 1. The van der Waals surface area contributed by atoms with Gasteiger partial charge in [0, 0.05) is 16.5 Å². The largest absolute Gasteiger partial charge is 0.481 e. The van der Waals surface area contributed by atoms with E-state index in [1.807, 2.05) is 0 Å². The number of carboxylic acid groups (broad SMARTS) is 1. The van der Waals surface area contributed by atoms with Gasteiger partial charge in [0.05, 0.1) is 6.16 Å². The smallest absolute Gasteiger partial charge is 0.307 e. The Kier molecular flexibility index (Phi) is 8.66. The van der Waals surface area contributed by atoms with Crippen LogP contribution in [0.4, 0.5) is 0 Å². The van der Waals surface area contributed by atoms with E-state index in [4.69, 9.17) is 5.11 Å². The van der Waals surface area contributed by atoms with E-state index in [-0.39, 0.29) is 22.7 Å². The molecule has 40 valence electrons. The summed E-state index contributed by atoms with van der Waals surface area (Å²) in [6.07, 6.45) is 0.139. The van der Waals surface area contributed by atoms with Crippen molar-refractivity contribution >= 4 is 15.2 Å². The van der Waals surface area contributed by atoms with Gasteiger partial charge in [-0.1, -0.05) is 0 Å². The molecule has 0 aromatic rings. The molecule has 2 nitrogen and oxygen atoms in total. The SMILES string of the molecule is O=C(O)CP.[Ni]. The van der Waals surface area contributed by atoms with Crippen molar-refractivity contribution in [2.45, 2.75) is 0 Å². The Labute approximate surface area is 48.4 Å². The molecule has 0 aliphatic rings. The van der Waals surface area contributed by atoms with Crippen LogP contribution in [0.15, 0.2) is 0 Å². The maximum atomic E-state index is 9.35. The van der Waals surface area contributed by atoms with Crippen LogP contribution < -0.4 is 0 Å². The average molecular weight is 151 g/mol. The normalized spacial score (nSPS) is 6.17. The van der Waals surface area contributed by atoms with Crippen molar-refractivity contribution < 1.29 is 26.4 Å². The molecule has 0 aliphatic heterocycles. The molecular formula is C2H5NiO2P. The van der Waals surface area contributed by atoms with Crippen LogP contribution in [0.2, 0.25) is 0 Å². The van der Waals surface area contributed by atoms with E-state index >= 15 is 0 Å². The van der Waals surface area contributed by atoms with Crippen molar-refractivity contribution in [3.63, 3.8) is 0 Å². The van der Waals surface area contributed by atoms with Gasteiger partial charge in [0.25, 0.3) is 0 Å². The summed E-state index contributed by atoms with van der Waals surface area (Å²) in [6.45, 7) is 0. The monoisotopic (exact) mass is 150 g/mol. The topological polar surface area (TPSA) is 37.3 Å². The molecule has 4 heteroatoms. The van der Waals surface area contributed by atoms with Crippen LogP contribution in [0.3, 0.4) is 0 Å². The Morgan fingerprint density at radius 2 is 2.00 bits per heavy atom. The van der Waals surface area contributed by atoms with Gasteiger partial charge in [-0.2, -0.15) is 0 Å². The third-order valence-electron chi connectivity index (χ3n) is 0.175. The van der Waals surface area contributed by atoms with Crippen LogP contribution in [0.25, 0.3) is 0 Å². The Morgan fingerprint density at radius 1 is 1.83 bits per heavy atom. The molecule has 0 spiro atoms. The second-order valence-electron chi connectivity index (χ2n) is 0.598. The van der Waals surface area contributed by atoms with E-state index in [9.17, 15) is 4.79 Å². The van der Waals surface area contributed by atoms with Crippen molar-refractivity contribution in [1.29, 1.82) is 0 Å². The molecule has 1 N–H and O–H groups in total. The Balaban J connectivity index is 0. The van der Waals surface area contributed by atoms with Gasteiger partial charge in [-0.3, -0.25) is 4.79 Å². The van der Waals surface area contributed by atoms with Crippen molar-refractivity contribution in [3.8, 4) is 0 Å². The van der Waals surface area contributed by atoms with Crippen LogP contribution in [-0.4, -0.2) is 17.2 Å². The van der Waals surface area contributed by atoms with Gasteiger partial charge in [-0.15, -0.1) is 9.24 Å². The molecule has 0 aliphatic carbocycles. The van der Waals surface area contributed by atoms with Crippen LogP contribution >= 0.6 is 9.24 Å². The molecule has 6 heavy (non-hydrogen) atoms. The minimum absolute atomic E-state index is 0. The summed E-state index contributed by atoms with van der Waals surface area (Å²) >= 11 is 0. The molecule has 0 rings (SSSR count). The van der Waals surface area contributed by atoms with Crippen LogP contribution in [-0.2, 0) is 21.3 Å². The third-order valence-corrected chi connectivity index (χ3v) is 0.524. The summed E-state index contributed by atoms with van der Waals surface area (Å²) < 4.78 is 0. The molecule has 0 fully saturated rings. The zero-order chi connectivity index (χ0) is 4.28. The van der Waals surface area contributed by atoms with Gasteiger partial charge >= 0.3 is 5.97 Å². The maximum absolute atomic E-state index is 9.35. The fraction of sp³-hybridized carbons (Fsp3) is 0.500. The number of hydrogen-bond acceptors (Lipinski definition) is 1. The summed E-state index contributed by atoms with van der Waals surface area (Å²) in [4.78, 5) is 9.35. The Bertz CT molecular complexity index is 46.8. The maximum Gasteiger partial charge on any atom is 0.307 e. The number of carbonyl (C=O) groups is 1. The van der Waals surface area contributed by atoms with Gasteiger partial charge < -0.3 is 5.11 Å². The van der Waals surface area contributed by atoms with Crippen molar-refractivity contribution in [2.24, 2.45) is 0 Å². The summed E-state index contributed by atoms with van der Waals surface area (Å²) in [5.41, 5.74) is 0. The van der Waals surface area contributed by atoms with E-state index in [0.29, 0.717) is 0 Å². The molecule has 0 radical (unpaired) electrons. The van der Waals surface area contributed by atoms with E-state index < -0.39 is 5.97 Å². The molecule has 0 aromatic carbocycles. The quantitative estimate of drug-likeness (QED) is 0.420. The molecule has 1 unspecified atom stereocenters. The standard InChI is InChI=1S/C2H5O2P.Ni/c3-2(4)1-5;/h1,5H2,(H,3,4);. The summed E-state index contributed by atoms with van der Waals surface area (Å²) in [5, 5.41) is 7.70. The van der Waals surface area contributed by atoms with Gasteiger partial charge in [-0.05, 0) is 0 Å². The second kappa shape index (κ2) is 5.39. The first-order chi connectivity index (χ1) is 2.27. The molecule has 0 bridgehead atoms. The van der Waals surface area contributed by atoms with E-state index in [0.717, 1.165) is 0 Å². The summed E-state index contributed by atoms with van der Waals surface area (Å²) in [5.74, 6) is -0.782. The third kappa shape index (κ3) is 8.83. The van der Waals surface area contributed by atoms with Crippen molar-refractivity contribution in [2.75, 3.05) is 6.16 Å². The molecule has 0 saturated carbocycles. The van der Waals surface area contributed by atoms with E-state index in [1.54, 1.807) is 0 Å². The number of carboxylic acids is 1. The predicted molar refractivity (Wildman–Crippen MR) is 22.2 cm³/mol. The molecular weight excluding hydrogens is 146 g/mol. The van der Waals surface area contributed by atoms with Gasteiger partial charge in [0.15, 0.2) is 0 Å². The first kappa shape index (κ1) is 9.64. The molecule has 0 heterocycles. The predicted octanol–water partition coefficient (Wildman–Crippen LogP) is -0.0564. The molecule has 1 atom stereocenters. The van der Waals surface area contributed by atoms with Gasteiger partial charge in [0.1, 0.15) is 0 Å². The minimum atomic E-state index is -0.782. The summed E-state index contributed by atoms with van der Waals surface area (Å²) in [7, 11) is 2.09. The zero-order valence-electron chi connectivity index (χ0n) is 2.96. The first-order valence-corrected chi connectivity index (χ1v) is 2.01. The fourth-order valence-electron chi connectivity index (χ4n) is 0. The Hall–Kier alpha value is 0.394. The Morgan fingerprint density at radius 3 is 2.00 bits per heavy atom. The molecule has 0 saturated heterocycles. The minimum Gasteiger partial charge on any atom is -0.481 e. The van der Waals surface area contributed by atoms with Crippen LogP contribution in [0.1, 0.15) is 0 Å². The average Bonchev–Trinajstić information content (AvgIpc) is 1.38. The number of hydrogen-bond donors (Lipinski definition) is 1. The van der Waals surface area contributed by atoms with E-state index in [1.165, 1.54) is 0 Å². The van der Waals surface area contributed by atoms with Crippen molar-refractivity contribution in [3.05, 3.63) is 0 Å². The zero-order valence-corrected chi connectivity index (χ0v) is 5.10. The van der Waals surface area contributed by atoms with Crippen LogP contribution in [0.5, 0.6) is 0 Å².